The molecule has 0 aliphatic rings. The van der Waals surface area contributed by atoms with Gasteiger partial charge in [-0.3, -0.25) is 9.59 Å². The van der Waals surface area contributed by atoms with Crippen LogP contribution in [0, 0.1) is 0 Å². The van der Waals surface area contributed by atoms with Crippen LogP contribution < -0.4 is 0 Å². The van der Waals surface area contributed by atoms with Crippen molar-refractivity contribution in [2.75, 3.05) is 26.2 Å². The molecule has 0 saturated carbocycles. The molecule has 0 heterocycles. The maximum atomic E-state index is 12.8. The van der Waals surface area contributed by atoms with Gasteiger partial charge in [-0.25, -0.2) is 0 Å². The van der Waals surface area contributed by atoms with Gasteiger partial charge in [-0.05, 0) is 25.7 Å². The fraction of sp³-hybridized carbons (Fsp3) is 0.913. The van der Waals surface area contributed by atoms with Crippen molar-refractivity contribution in [1.29, 1.82) is 0 Å². The van der Waals surface area contributed by atoms with Crippen molar-refractivity contribution in [3.05, 3.63) is 0 Å². The van der Waals surface area contributed by atoms with Crippen molar-refractivity contribution in [2.45, 2.75) is 111 Å². The zero-order valence-electron chi connectivity index (χ0n) is 18.7. The number of carbonyl (C=O) groups excluding carboxylic acids is 2. The van der Waals surface area contributed by atoms with Gasteiger partial charge in [0.2, 0.25) is 11.8 Å². The van der Waals surface area contributed by atoms with Gasteiger partial charge in [-0.2, -0.15) is 0 Å². The highest BCUT2D eigenvalue weighted by atomic mass is 16.2. The quantitative estimate of drug-likeness (QED) is 0.222. The Morgan fingerprint density at radius 1 is 0.481 bits per heavy atom. The van der Waals surface area contributed by atoms with E-state index in [-0.39, 0.29) is 18.2 Å². The molecule has 0 fully saturated rings. The fourth-order valence-electron chi connectivity index (χ4n) is 3.29. The maximum Gasteiger partial charge on any atom is 0.232 e. The van der Waals surface area contributed by atoms with Crippen LogP contribution in [-0.2, 0) is 9.59 Å². The molecule has 0 aliphatic carbocycles. The van der Waals surface area contributed by atoms with Gasteiger partial charge >= 0.3 is 0 Å². The molecule has 27 heavy (non-hydrogen) atoms. The van der Waals surface area contributed by atoms with Crippen LogP contribution in [-0.4, -0.2) is 47.8 Å². The summed E-state index contributed by atoms with van der Waals surface area (Å²) in [6, 6.07) is 0. The molecule has 4 heteroatoms. The van der Waals surface area contributed by atoms with E-state index in [4.69, 9.17) is 0 Å². The van der Waals surface area contributed by atoms with Crippen molar-refractivity contribution < 1.29 is 9.59 Å². The second kappa shape index (κ2) is 18.3. The lowest BCUT2D eigenvalue weighted by Gasteiger charge is -2.26. The summed E-state index contributed by atoms with van der Waals surface area (Å²) in [7, 11) is 0. The minimum atomic E-state index is 0.0307. The lowest BCUT2D eigenvalue weighted by Crippen LogP contribution is -2.39. The molecule has 4 nitrogen and oxygen atoms in total. The highest BCUT2D eigenvalue weighted by molar-refractivity contribution is 5.96. The SMILES string of the molecule is CCCCCN(CCCCC)C(=O)CC(=O)N(CCCCC)CCCCC. The summed E-state index contributed by atoms with van der Waals surface area (Å²) in [6.45, 7) is 11.9. The Kier molecular flexibility index (Phi) is 17.6. The van der Waals surface area contributed by atoms with Crippen LogP contribution in [0.2, 0.25) is 0 Å². The van der Waals surface area contributed by atoms with Gasteiger partial charge < -0.3 is 9.80 Å². The van der Waals surface area contributed by atoms with Gasteiger partial charge in [0.05, 0.1) is 0 Å². The number of carbonyl (C=O) groups is 2. The third kappa shape index (κ3) is 13.7. The van der Waals surface area contributed by atoms with Crippen LogP contribution in [0.3, 0.4) is 0 Å². The van der Waals surface area contributed by atoms with E-state index < -0.39 is 0 Å². The molecule has 0 N–H and O–H groups in total. The van der Waals surface area contributed by atoms with Gasteiger partial charge in [0.1, 0.15) is 6.42 Å². The van der Waals surface area contributed by atoms with E-state index in [1.165, 1.54) is 0 Å². The van der Waals surface area contributed by atoms with Crippen LogP contribution in [0.15, 0.2) is 0 Å². The zero-order chi connectivity index (χ0) is 20.3. The Morgan fingerprint density at radius 3 is 0.963 bits per heavy atom. The Bertz CT molecular complexity index is 317. The number of hydrogen-bond acceptors (Lipinski definition) is 2. The summed E-state index contributed by atoms with van der Waals surface area (Å²) in [6.07, 6.45) is 13.4. The smallest absolute Gasteiger partial charge is 0.232 e. The first-order valence-corrected chi connectivity index (χ1v) is 11.7. The van der Waals surface area contributed by atoms with Gasteiger partial charge in [0.15, 0.2) is 0 Å². The van der Waals surface area contributed by atoms with E-state index in [1.807, 2.05) is 9.80 Å². The monoisotopic (exact) mass is 382 g/mol. The molecule has 0 radical (unpaired) electrons. The van der Waals surface area contributed by atoms with Crippen molar-refractivity contribution in [1.82, 2.24) is 9.80 Å². The van der Waals surface area contributed by atoms with E-state index in [2.05, 4.69) is 27.7 Å². The molecule has 0 rings (SSSR count). The van der Waals surface area contributed by atoms with Crippen molar-refractivity contribution in [2.24, 2.45) is 0 Å². The predicted molar refractivity (Wildman–Crippen MR) is 116 cm³/mol. The second-order valence-electron chi connectivity index (χ2n) is 7.77. The molecule has 0 aliphatic heterocycles. The van der Waals surface area contributed by atoms with Crippen LogP contribution in [0.4, 0.5) is 0 Å². The molecular weight excluding hydrogens is 336 g/mol. The van der Waals surface area contributed by atoms with Gasteiger partial charge in [0, 0.05) is 26.2 Å². The first-order chi connectivity index (χ1) is 13.1. The molecule has 0 aromatic rings. The third-order valence-electron chi connectivity index (χ3n) is 5.13. The number of amides is 2. The normalized spacial score (nSPS) is 10.8. The topological polar surface area (TPSA) is 40.6 Å². The second-order valence-corrected chi connectivity index (χ2v) is 7.77. The molecule has 160 valence electrons. The summed E-state index contributed by atoms with van der Waals surface area (Å²) >= 11 is 0. The van der Waals surface area contributed by atoms with E-state index in [9.17, 15) is 9.59 Å². The molecule has 2 amide bonds. The minimum absolute atomic E-state index is 0.0307. The minimum Gasteiger partial charge on any atom is -0.342 e. The number of rotatable bonds is 18. The molecule has 0 unspecified atom stereocenters. The molecule has 0 aromatic carbocycles. The van der Waals surface area contributed by atoms with Gasteiger partial charge in [-0.15, -0.1) is 0 Å². The van der Waals surface area contributed by atoms with Gasteiger partial charge in [-0.1, -0.05) is 79.1 Å². The molecule has 0 atom stereocenters. The van der Waals surface area contributed by atoms with E-state index in [0.717, 1.165) is 103 Å². The third-order valence-corrected chi connectivity index (χ3v) is 5.13. The average molecular weight is 383 g/mol. The predicted octanol–water partition coefficient (Wildman–Crippen LogP) is 5.79. The Labute approximate surface area is 169 Å². The first kappa shape index (κ1) is 25.9. The molecule has 0 bridgehead atoms. The summed E-state index contributed by atoms with van der Waals surface area (Å²) in [5.41, 5.74) is 0. The number of nitrogens with zero attached hydrogens (tertiary/aromatic N) is 2. The van der Waals surface area contributed by atoms with Crippen molar-refractivity contribution >= 4 is 11.8 Å². The van der Waals surface area contributed by atoms with Crippen LogP contribution in [0.1, 0.15) is 111 Å². The highest BCUT2D eigenvalue weighted by Gasteiger charge is 2.20. The molecule has 0 spiro atoms. The molecule has 0 aromatic heterocycles. The van der Waals surface area contributed by atoms with Gasteiger partial charge in [0.25, 0.3) is 0 Å². The highest BCUT2D eigenvalue weighted by Crippen LogP contribution is 2.09. The number of unbranched alkanes of at least 4 members (excludes halogenated alkanes) is 8. The first-order valence-electron chi connectivity index (χ1n) is 11.7. The van der Waals surface area contributed by atoms with Crippen molar-refractivity contribution in [3.8, 4) is 0 Å². The maximum absolute atomic E-state index is 12.8. The lowest BCUT2D eigenvalue weighted by molar-refractivity contribution is -0.140. The fourth-order valence-corrected chi connectivity index (χ4v) is 3.29. The Morgan fingerprint density at radius 2 is 0.741 bits per heavy atom. The van der Waals surface area contributed by atoms with Crippen LogP contribution >= 0.6 is 0 Å². The lowest BCUT2D eigenvalue weighted by atomic mass is 10.1. The summed E-state index contributed by atoms with van der Waals surface area (Å²) in [5.74, 6) is 0.0615. The standard InChI is InChI=1S/C23H46N2O2/c1-5-9-13-17-24(18-14-10-6-2)22(26)21-23(27)25(19-15-11-7-3)20-16-12-8-4/h5-21H2,1-4H3. The Balaban J connectivity index is 4.68. The van der Waals surface area contributed by atoms with E-state index >= 15 is 0 Å². The van der Waals surface area contributed by atoms with Crippen LogP contribution in [0.25, 0.3) is 0 Å². The molecular formula is C23H46N2O2. The van der Waals surface area contributed by atoms with Crippen molar-refractivity contribution in [3.63, 3.8) is 0 Å². The van der Waals surface area contributed by atoms with Crippen LogP contribution in [0.5, 0.6) is 0 Å². The van der Waals surface area contributed by atoms with E-state index in [1.54, 1.807) is 0 Å². The largest absolute Gasteiger partial charge is 0.342 e. The Hall–Kier alpha value is -1.06. The molecule has 0 saturated heterocycles. The zero-order valence-corrected chi connectivity index (χ0v) is 18.7. The summed E-state index contributed by atoms with van der Waals surface area (Å²) < 4.78 is 0. The summed E-state index contributed by atoms with van der Waals surface area (Å²) in [5, 5.41) is 0. The average Bonchev–Trinajstić information content (AvgIpc) is 2.65. The van der Waals surface area contributed by atoms with E-state index in [0.29, 0.717) is 0 Å². The number of hydrogen-bond donors (Lipinski definition) is 0. The summed E-state index contributed by atoms with van der Waals surface area (Å²) in [4.78, 5) is 29.5.